The Bertz CT molecular complexity index is 1590. The van der Waals surface area contributed by atoms with Crippen LogP contribution in [0, 0.1) is 0 Å². The third kappa shape index (κ3) is 8.12. The summed E-state index contributed by atoms with van der Waals surface area (Å²) in [6, 6.07) is 15.4. The van der Waals surface area contributed by atoms with Gasteiger partial charge in [-0.25, -0.2) is 0 Å². The summed E-state index contributed by atoms with van der Waals surface area (Å²) in [5.41, 5.74) is 2.74. The van der Waals surface area contributed by atoms with Crippen molar-refractivity contribution in [3.8, 4) is 0 Å². The van der Waals surface area contributed by atoms with E-state index in [0.29, 0.717) is 50.5 Å². The van der Waals surface area contributed by atoms with Gasteiger partial charge >= 0.3 is 0 Å². The first-order chi connectivity index (χ1) is 23.6. The Kier molecular flexibility index (Phi) is 12.2. The number of hydrogen-bond acceptors (Lipinski definition) is 10. The number of hydrogen-bond donors (Lipinski definition) is 0. The minimum Gasteiger partial charge on any atom is -0.383 e. The Hall–Kier alpha value is -3.26. The number of fused-ring (bicyclic) bond motifs is 2. The molecule has 2 unspecified atom stereocenters. The van der Waals surface area contributed by atoms with Crippen LogP contribution >= 0.6 is 21.6 Å². The van der Waals surface area contributed by atoms with E-state index in [0.717, 1.165) is 70.5 Å². The van der Waals surface area contributed by atoms with Gasteiger partial charge in [-0.1, -0.05) is 33.7 Å². The fourth-order valence-corrected chi connectivity index (χ4v) is 8.51. The summed E-state index contributed by atoms with van der Waals surface area (Å²) in [5, 5.41) is 1.60. The summed E-state index contributed by atoms with van der Waals surface area (Å²) < 4.78 is 22.3. The zero-order chi connectivity index (χ0) is 33.3. The molecule has 0 spiro atoms. The lowest BCUT2D eigenvalue weighted by Gasteiger charge is -2.26. The summed E-state index contributed by atoms with van der Waals surface area (Å²) in [5.74, 6) is -0.113. The molecule has 254 valence electrons. The largest absolute Gasteiger partial charge is 0.383 e. The van der Waals surface area contributed by atoms with E-state index in [1.54, 1.807) is 48.2 Å². The molecule has 2 saturated heterocycles. The number of carbonyl (C=O) groups excluding carboxylic acids is 2. The van der Waals surface area contributed by atoms with Gasteiger partial charge in [-0.05, 0) is 62.1 Å². The van der Waals surface area contributed by atoms with Crippen molar-refractivity contribution in [2.45, 2.75) is 47.7 Å². The number of pyridine rings is 2. The molecule has 0 radical (unpaired) electrons. The van der Waals surface area contributed by atoms with Crippen LogP contribution in [0.5, 0.6) is 0 Å². The van der Waals surface area contributed by atoms with Crippen LogP contribution in [0.1, 0.15) is 46.4 Å². The van der Waals surface area contributed by atoms with Crippen LogP contribution in [0.3, 0.4) is 0 Å². The first kappa shape index (κ1) is 34.6. The van der Waals surface area contributed by atoms with Gasteiger partial charge in [0.2, 0.25) is 0 Å². The molecular weight excluding hydrogens is 649 g/mol. The molecule has 4 aromatic rings. The molecule has 2 aromatic heterocycles. The summed E-state index contributed by atoms with van der Waals surface area (Å²) in [6.45, 7) is 4.42. The van der Waals surface area contributed by atoms with Crippen molar-refractivity contribution in [2.24, 2.45) is 0 Å². The minimum atomic E-state index is -0.0563. The molecule has 0 saturated carbocycles. The molecule has 0 bridgehead atoms. The van der Waals surface area contributed by atoms with Gasteiger partial charge in [0.05, 0.1) is 36.5 Å². The van der Waals surface area contributed by atoms with Crippen LogP contribution in [0.2, 0.25) is 0 Å². The Morgan fingerprint density at radius 2 is 1.19 bits per heavy atom. The molecule has 6 rings (SSSR count). The zero-order valence-corrected chi connectivity index (χ0v) is 29.1. The van der Waals surface area contributed by atoms with Gasteiger partial charge < -0.3 is 28.7 Å². The number of nitrogens with zero attached hydrogens (tertiary/aromatic N) is 4. The van der Waals surface area contributed by atoms with Crippen molar-refractivity contribution in [3.63, 3.8) is 0 Å². The predicted octanol–water partition coefficient (Wildman–Crippen LogP) is 6.12. The number of amides is 2. The zero-order valence-electron chi connectivity index (χ0n) is 27.5. The van der Waals surface area contributed by atoms with E-state index in [1.165, 1.54) is 0 Å². The SMILES string of the molecule is COCCN(CC1CCCO1)C(=O)c1ccc(SSc2ccc(C(=O)N(CCOC)CC3CCCO3)c3cccnc23)c2ncccc12. The van der Waals surface area contributed by atoms with Crippen molar-refractivity contribution < 1.29 is 28.5 Å². The van der Waals surface area contributed by atoms with Crippen LogP contribution in [0.15, 0.2) is 70.7 Å². The van der Waals surface area contributed by atoms with Gasteiger partial charge in [-0.2, -0.15) is 0 Å². The highest BCUT2D eigenvalue weighted by molar-refractivity contribution is 8.76. The Morgan fingerprint density at radius 3 is 1.58 bits per heavy atom. The van der Waals surface area contributed by atoms with E-state index in [1.807, 2.05) is 58.3 Å². The molecule has 0 N–H and O–H groups in total. The highest BCUT2D eigenvalue weighted by atomic mass is 33.1. The number of ether oxygens (including phenoxy) is 4. The number of methoxy groups -OCH3 is 2. The smallest absolute Gasteiger partial charge is 0.254 e. The van der Waals surface area contributed by atoms with Gasteiger partial charge in [0.15, 0.2) is 0 Å². The maximum atomic E-state index is 13.9. The topological polar surface area (TPSA) is 103 Å². The van der Waals surface area contributed by atoms with Gasteiger partial charge in [0, 0.05) is 97.7 Å². The first-order valence-corrected chi connectivity index (χ1v) is 18.6. The van der Waals surface area contributed by atoms with E-state index in [-0.39, 0.29) is 24.0 Å². The van der Waals surface area contributed by atoms with Crippen molar-refractivity contribution >= 4 is 55.2 Å². The maximum Gasteiger partial charge on any atom is 0.254 e. The molecule has 10 nitrogen and oxygen atoms in total. The van der Waals surface area contributed by atoms with E-state index >= 15 is 0 Å². The van der Waals surface area contributed by atoms with E-state index in [2.05, 4.69) is 0 Å². The van der Waals surface area contributed by atoms with Gasteiger partial charge in [0.1, 0.15) is 0 Å². The highest BCUT2D eigenvalue weighted by Crippen LogP contribution is 2.43. The van der Waals surface area contributed by atoms with Crippen LogP contribution < -0.4 is 0 Å². The third-order valence-corrected chi connectivity index (χ3v) is 11.2. The molecule has 48 heavy (non-hydrogen) atoms. The molecule has 2 aromatic carbocycles. The fraction of sp³-hybridized carbons (Fsp3) is 0.444. The summed E-state index contributed by atoms with van der Waals surface area (Å²) >= 11 is 0. The lowest BCUT2D eigenvalue weighted by molar-refractivity contribution is 0.0456. The van der Waals surface area contributed by atoms with E-state index in [9.17, 15) is 9.59 Å². The molecule has 4 heterocycles. The Balaban J connectivity index is 1.24. The Labute approximate surface area is 289 Å². The normalized spacial score (nSPS) is 17.7. The summed E-state index contributed by atoms with van der Waals surface area (Å²) in [4.78, 5) is 42.7. The molecule has 0 aliphatic carbocycles. The average molecular weight is 691 g/mol. The second-order valence-corrected chi connectivity index (χ2v) is 14.2. The molecule has 2 amide bonds. The maximum absolute atomic E-state index is 13.9. The number of rotatable bonds is 15. The van der Waals surface area contributed by atoms with Crippen molar-refractivity contribution in [2.75, 3.05) is 66.8 Å². The lowest BCUT2D eigenvalue weighted by Crippen LogP contribution is -2.39. The monoisotopic (exact) mass is 690 g/mol. The third-order valence-electron chi connectivity index (χ3n) is 8.75. The second kappa shape index (κ2) is 16.9. The number of carbonyl (C=O) groups is 2. The van der Waals surface area contributed by atoms with E-state index in [4.69, 9.17) is 28.9 Å². The highest BCUT2D eigenvalue weighted by Gasteiger charge is 2.27. The second-order valence-electron chi connectivity index (χ2n) is 11.9. The quantitative estimate of drug-likeness (QED) is 0.136. The molecule has 2 aliphatic rings. The van der Waals surface area contributed by atoms with Crippen LogP contribution in [-0.4, -0.2) is 111 Å². The average Bonchev–Trinajstić information content (AvgIpc) is 3.85. The lowest BCUT2D eigenvalue weighted by atomic mass is 10.1. The molecule has 2 atom stereocenters. The van der Waals surface area contributed by atoms with Crippen molar-refractivity contribution in [3.05, 3.63) is 72.1 Å². The molecule has 2 aliphatic heterocycles. The molecule has 12 heteroatoms. The van der Waals surface area contributed by atoms with Gasteiger partial charge in [-0.3, -0.25) is 19.6 Å². The van der Waals surface area contributed by atoms with Crippen LogP contribution in [0.4, 0.5) is 0 Å². The van der Waals surface area contributed by atoms with Crippen LogP contribution in [-0.2, 0) is 18.9 Å². The number of benzene rings is 2. The van der Waals surface area contributed by atoms with Gasteiger partial charge in [-0.15, -0.1) is 0 Å². The predicted molar refractivity (Wildman–Crippen MR) is 189 cm³/mol. The standard InChI is InChI=1S/C36H42N4O6S2/c1-43-21-17-39(23-25-7-5-19-45-25)35(41)29-11-13-31(33-27(29)9-3-15-37-33)47-48-32-14-12-30(28-10-4-16-38-34(28)32)36(42)40(18-22-44-2)24-26-8-6-20-46-26/h3-4,9-16,25-26H,5-8,17-24H2,1-2H3. The van der Waals surface area contributed by atoms with E-state index < -0.39 is 0 Å². The van der Waals surface area contributed by atoms with Crippen molar-refractivity contribution in [1.82, 2.24) is 19.8 Å². The molecular formula is C36H42N4O6S2. The molecule has 2 fully saturated rings. The Morgan fingerprint density at radius 1 is 0.729 bits per heavy atom. The first-order valence-electron chi connectivity index (χ1n) is 16.5. The van der Waals surface area contributed by atoms with Crippen LogP contribution in [0.25, 0.3) is 21.8 Å². The fourth-order valence-electron chi connectivity index (χ4n) is 6.25. The summed E-state index contributed by atoms with van der Waals surface area (Å²) in [6.07, 6.45) is 7.52. The van der Waals surface area contributed by atoms with Gasteiger partial charge in [0.25, 0.3) is 11.8 Å². The van der Waals surface area contributed by atoms with Crippen molar-refractivity contribution in [1.29, 1.82) is 0 Å². The number of aromatic nitrogens is 2. The summed E-state index contributed by atoms with van der Waals surface area (Å²) in [7, 11) is 6.41. The minimum absolute atomic E-state index is 0.0429.